The Morgan fingerprint density at radius 1 is 1.00 bits per heavy atom. The molecule has 11 nitrogen and oxygen atoms in total. The number of amides is 1. The molecule has 0 unspecified atom stereocenters. The Hall–Kier alpha value is -5.76. The molecule has 0 radical (unpaired) electrons. The van der Waals surface area contributed by atoms with Crippen molar-refractivity contribution in [3.8, 4) is 17.5 Å². The molecule has 6 rings (SSSR count). The number of nitrogen functional groups attached to an aromatic ring is 1. The van der Waals surface area contributed by atoms with Crippen molar-refractivity contribution < 1.29 is 4.79 Å². The van der Waals surface area contributed by atoms with E-state index in [0.717, 1.165) is 11.3 Å². The number of aryl methyl sites for hydroxylation is 1. The fourth-order valence-electron chi connectivity index (χ4n) is 4.93. The summed E-state index contributed by atoms with van der Waals surface area (Å²) in [6.07, 6.45) is 5.20. The van der Waals surface area contributed by atoms with E-state index in [-0.39, 0.29) is 22.9 Å². The fraction of sp³-hybridized carbons (Fsp3) is 0.188. The summed E-state index contributed by atoms with van der Waals surface area (Å²) in [5.41, 5.74) is 9.54. The van der Waals surface area contributed by atoms with E-state index < -0.39 is 11.9 Å². The van der Waals surface area contributed by atoms with E-state index in [1.807, 2.05) is 57.3 Å². The lowest BCUT2D eigenvalue weighted by atomic mass is 10.1. The lowest BCUT2D eigenvalue weighted by Crippen LogP contribution is -2.33. The van der Waals surface area contributed by atoms with Gasteiger partial charge in [-0.05, 0) is 43.2 Å². The first-order valence-electron chi connectivity index (χ1n) is 13.8. The van der Waals surface area contributed by atoms with Crippen LogP contribution in [0.3, 0.4) is 0 Å². The number of nitrogens with one attached hydrogen (secondary N) is 1. The molecule has 0 saturated carbocycles. The molecule has 0 bridgehead atoms. The van der Waals surface area contributed by atoms with Crippen molar-refractivity contribution in [2.75, 3.05) is 5.73 Å². The zero-order valence-corrected chi connectivity index (χ0v) is 24.1. The summed E-state index contributed by atoms with van der Waals surface area (Å²) in [6.45, 7) is 5.81. The maximum absolute atomic E-state index is 14.2. The van der Waals surface area contributed by atoms with Crippen molar-refractivity contribution in [2.45, 2.75) is 32.7 Å². The third-order valence-corrected chi connectivity index (χ3v) is 7.07. The molecule has 4 aromatic heterocycles. The van der Waals surface area contributed by atoms with Crippen LogP contribution in [-0.4, -0.2) is 39.8 Å². The van der Waals surface area contributed by atoms with Crippen LogP contribution in [0.25, 0.3) is 22.2 Å². The summed E-state index contributed by atoms with van der Waals surface area (Å²) >= 11 is 0. The first-order chi connectivity index (χ1) is 20.7. The summed E-state index contributed by atoms with van der Waals surface area (Å²) < 4.78 is 4.67. The predicted octanol–water partition coefficient (Wildman–Crippen LogP) is 3.76. The first kappa shape index (κ1) is 27.4. The Balaban J connectivity index is 1.46. The van der Waals surface area contributed by atoms with Gasteiger partial charge in [0.05, 0.1) is 34.4 Å². The van der Waals surface area contributed by atoms with Crippen molar-refractivity contribution in [2.24, 2.45) is 7.05 Å². The Kier molecular flexibility index (Phi) is 6.95. The highest BCUT2D eigenvalue weighted by Crippen LogP contribution is 2.23. The number of hydrogen-bond donors (Lipinski definition) is 2. The topological polar surface area (TPSA) is 138 Å². The summed E-state index contributed by atoms with van der Waals surface area (Å²) in [5, 5.41) is 11.8. The second kappa shape index (κ2) is 10.9. The summed E-state index contributed by atoms with van der Waals surface area (Å²) in [7, 11) is 1.82. The predicted molar refractivity (Wildman–Crippen MR) is 164 cm³/mol. The Morgan fingerprint density at radius 2 is 1.79 bits per heavy atom. The summed E-state index contributed by atoms with van der Waals surface area (Å²) in [4.78, 5) is 37.4. The van der Waals surface area contributed by atoms with Gasteiger partial charge in [-0.2, -0.15) is 5.10 Å². The molecule has 0 fully saturated rings. The third kappa shape index (κ3) is 5.10. The van der Waals surface area contributed by atoms with Gasteiger partial charge in [0.1, 0.15) is 11.4 Å². The second-order valence-corrected chi connectivity index (χ2v) is 10.5. The van der Waals surface area contributed by atoms with Crippen LogP contribution in [0.5, 0.6) is 0 Å². The Bertz CT molecular complexity index is 2130. The molecule has 0 aliphatic rings. The minimum atomic E-state index is -0.697. The molecule has 6 aromatic rings. The van der Waals surface area contributed by atoms with Gasteiger partial charge in [-0.1, -0.05) is 50.0 Å². The molecule has 214 valence electrons. The largest absolute Gasteiger partial charge is 0.381 e. The number of rotatable bonds is 5. The highest BCUT2D eigenvalue weighted by Gasteiger charge is 2.25. The normalized spacial score (nSPS) is 11.9. The van der Waals surface area contributed by atoms with Crippen molar-refractivity contribution >= 4 is 28.3 Å². The Labute approximate surface area is 247 Å². The molecule has 0 spiro atoms. The lowest BCUT2D eigenvalue weighted by Gasteiger charge is -2.20. The van der Waals surface area contributed by atoms with Crippen LogP contribution in [-0.2, 0) is 7.05 Å². The van der Waals surface area contributed by atoms with Crippen LogP contribution in [0.1, 0.15) is 65.7 Å². The minimum absolute atomic E-state index is 0.0573. The number of para-hydroxylation sites is 1. The average Bonchev–Trinajstić information content (AvgIpc) is 3.56. The number of fused-ring (bicyclic) bond motifs is 2. The van der Waals surface area contributed by atoms with Crippen LogP contribution >= 0.6 is 0 Å². The summed E-state index contributed by atoms with van der Waals surface area (Å²) in [5.74, 6) is 6.27. The minimum Gasteiger partial charge on any atom is -0.381 e. The SMILES string of the molecule is CC(C)c1ccn2nc(N)c(C(=O)N[C@@H](C)c3nc4cccc(C#Cc5cnn(C)c5)c4c(=O)n3-c3ccccc3)c2n1. The van der Waals surface area contributed by atoms with E-state index in [1.54, 1.807) is 48.4 Å². The quantitative estimate of drug-likeness (QED) is 0.301. The molecule has 0 aliphatic carbocycles. The third-order valence-electron chi connectivity index (χ3n) is 7.07. The molecule has 4 heterocycles. The number of anilines is 1. The molecule has 2 aromatic carbocycles. The molecule has 0 aliphatic heterocycles. The zero-order valence-electron chi connectivity index (χ0n) is 24.1. The molecular weight excluding hydrogens is 542 g/mol. The molecule has 1 atom stereocenters. The fourth-order valence-corrected chi connectivity index (χ4v) is 4.93. The Morgan fingerprint density at radius 3 is 2.51 bits per heavy atom. The van der Waals surface area contributed by atoms with Crippen molar-refractivity contribution in [3.63, 3.8) is 0 Å². The zero-order chi connectivity index (χ0) is 30.2. The van der Waals surface area contributed by atoms with Crippen LogP contribution < -0.4 is 16.6 Å². The van der Waals surface area contributed by atoms with Gasteiger partial charge in [-0.25, -0.2) is 14.5 Å². The number of carbonyl (C=O) groups is 1. The van der Waals surface area contributed by atoms with Crippen molar-refractivity contribution in [1.82, 2.24) is 39.2 Å². The molecule has 43 heavy (non-hydrogen) atoms. The van der Waals surface area contributed by atoms with Crippen molar-refractivity contribution in [3.05, 3.63) is 112 Å². The number of nitrogens with two attached hydrogens (primary N) is 1. The van der Waals surface area contributed by atoms with Gasteiger partial charge < -0.3 is 11.1 Å². The van der Waals surface area contributed by atoms with Crippen LogP contribution in [0.15, 0.2) is 78.0 Å². The van der Waals surface area contributed by atoms with E-state index in [0.29, 0.717) is 33.6 Å². The standard InChI is InChI=1S/C32H29N9O2/c1-19(2)24-15-16-40-30(36-24)27(28(33)38-40)31(42)35-20(3)29-37-25-12-8-9-22(14-13-21-17-34-39(4)18-21)26(25)32(43)41(29)23-10-6-5-7-11-23/h5-12,15-20H,1-4H3,(H2,33,38)(H,35,42)/t20-/m0/s1. The molecule has 1 amide bonds. The number of aromatic nitrogens is 7. The van der Waals surface area contributed by atoms with Crippen LogP contribution in [0, 0.1) is 11.8 Å². The van der Waals surface area contributed by atoms with Crippen molar-refractivity contribution in [1.29, 1.82) is 0 Å². The van der Waals surface area contributed by atoms with Gasteiger partial charge in [-0.3, -0.25) is 18.8 Å². The van der Waals surface area contributed by atoms with Gasteiger partial charge >= 0.3 is 0 Å². The van der Waals surface area contributed by atoms with Crippen LogP contribution in [0.4, 0.5) is 5.82 Å². The maximum Gasteiger partial charge on any atom is 0.267 e. The van der Waals surface area contributed by atoms with E-state index in [1.165, 1.54) is 9.08 Å². The highest BCUT2D eigenvalue weighted by molar-refractivity contribution is 6.04. The van der Waals surface area contributed by atoms with E-state index in [2.05, 4.69) is 32.3 Å². The number of benzene rings is 2. The van der Waals surface area contributed by atoms with Gasteiger partial charge in [0.15, 0.2) is 11.5 Å². The monoisotopic (exact) mass is 571 g/mol. The molecular formula is C32H29N9O2. The van der Waals surface area contributed by atoms with E-state index in [9.17, 15) is 9.59 Å². The van der Waals surface area contributed by atoms with Gasteiger partial charge in [-0.15, -0.1) is 5.10 Å². The maximum atomic E-state index is 14.2. The molecule has 0 saturated heterocycles. The second-order valence-electron chi connectivity index (χ2n) is 10.5. The average molecular weight is 572 g/mol. The van der Waals surface area contributed by atoms with Gasteiger partial charge in [0.2, 0.25) is 0 Å². The highest BCUT2D eigenvalue weighted by atomic mass is 16.2. The van der Waals surface area contributed by atoms with Gasteiger partial charge in [0, 0.05) is 30.7 Å². The van der Waals surface area contributed by atoms with Crippen LogP contribution in [0.2, 0.25) is 0 Å². The molecule has 3 N–H and O–H groups in total. The first-order valence-corrected chi connectivity index (χ1v) is 13.8. The number of hydrogen-bond acceptors (Lipinski definition) is 7. The molecule has 11 heteroatoms. The summed E-state index contributed by atoms with van der Waals surface area (Å²) in [6, 6.07) is 15.7. The lowest BCUT2D eigenvalue weighted by molar-refractivity contribution is 0.0940. The number of nitrogens with zero attached hydrogens (tertiary/aromatic N) is 7. The van der Waals surface area contributed by atoms with E-state index >= 15 is 0 Å². The van der Waals surface area contributed by atoms with E-state index in [4.69, 9.17) is 10.7 Å². The van der Waals surface area contributed by atoms with Gasteiger partial charge in [0.25, 0.3) is 11.5 Å². The smallest absolute Gasteiger partial charge is 0.267 e. The number of carbonyl (C=O) groups excluding carboxylic acids is 1.